The number of amides is 1. The first-order valence-electron chi connectivity index (χ1n) is 3.61. The van der Waals surface area contributed by atoms with E-state index in [-0.39, 0.29) is 5.91 Å². The third-order valence-electron chi connectivity index (χ3n) is 1.37. The van der Waals surface area contributed by atoms with Gasteiger partial charge in [-0.3, -0.25) is 10.2 Å². The molecule has 1 heterocycles. The van der Waals surface area contributed by atoms with Crippen LogP contribution >= 0.6 is 11.3 Å². The number of hydrogen-bond acceptors (Lipinski definition) is 4. The van der Waals surface area contributed by atoms with Crippen LogP contribution in [-0.4, -0.2) is 10.9 Å². The molecule has 0 spiro atoms. The fourth-order valence-electron chi connectivity index (χ4n) is 0.731. The van der Waals surface area contributed by atoms with Crippen LogP contribution in [0.25, 0.3) is 0 Å². The van der Waals surface area contributed by atoms with E-state index in [0.29, 0.717) is 10.8 Å². The summed E-state index contributed by atoms with van der Waals surface area (Å²) in [7, 11) is 0. The minimum Gasteiger partial charge on any atom is -0.289 e. The summed E-state index contributed by atoms with van der Waals surface area (Å²) in [6.45, 7) is 4.06. The molecule has 1 amide bonds. The summed E-state index contributed by atoms with van der Waals surface area (Å²) >= 11 is 1.37. The molecule has 0 unspecified atom stereocenters. The summed E-state index contributed by atoms with van der Waals surface area (Å²) in [4.78, 5) is 15.6. The van der Waals surface area contributed by atoms with E-state index in [2.05, 4.69) is 10.4 Å². The van der Waals surface area contributed by atoms with Gasteiger partial charge < -0.3 is 0 Å². The average molecular weight is 185 g/mol. The molecule has 0 saturated heterocycles. The molecule has 0 radical (unpaired) electrons. The first-order valence-corrected chi connectivity index (χ1v) is 4.43. The van der Waals surface area contributed by atoms with Gasteiger partial charge in [-0.2, -0.15) is 0 Å². The van der Waals surface area contributed by atoms with Gasteiger partial charge in [-0.1, -0.05) is 13.8 Å². The number of nitrogens with one attached hydrogen (secondary N) is 1. The number of nitrogen functional groups attached to an aromatic ring is 1. The lowest BCUT2D eigenvalue weighted by Gasteiger charge is -1.95. The molecular weight excluding hydrogens is 174 g/mol. The molecule has 0 aromatic carbocycles. The van der Waals surface area contributed by atoms with Crippen LogP contribution in [0.4, 0.5) is 0 Å². The fourth-order valence-corrected chi connectivity index (χ4v) is 1.55. The summed E-state index contributed by atoms with van der Waals surface area (Å²) < 4.78 is 0. The molecule has 0 fully saturated rings. The Morgan fingerprint density at radius 3 is 2.83 bits per heavy atom. The van der Waals surface area contributed by atoms with Crippen molar-refractivity contribution in [3.05, 3.63) is 16.1 Å². The Balaban J connectivity index is 2.84. The van der Waals surface area contributed by atoms with Gasteiger partial charge in [-0.25, -0.2) is 10.8 Å². The standard InChI is InChI=1S/C7H11N3OS/c1-4(2)7-9-3-5(12-7)6(11)10-8/h3-4H,8H2,1-2H3,(H,10,11). The number of hydrazine groups is 1. The molecule has 0 saturated carbocycles. The normalized spacial score (nSPS) is 10.3. The van der Waals surface area contributed by atoms with Gasteiger partial charge >= 0.3 is 0 Å². The smallest absolute Gasteiger partial charge is 0.276 e. The predicted octanol–water partition coefficient (Wildman–Crippen LogP) is 0.870. The number of carbonyl (C=O) groups excluding carboxylic acids is 1. The highest BCUT2D eigenvalue weighted by molar-refractivity contribution is 7.13. The van der Waals surface area contributed by atoms with E-state index in [1.807, 2.05) is 13.8 Å². The van der Waals surface area contributed by atoms with E-state index in [1.54, 1.807) is 6.20 Å². The SMILES string of the molecule is CC(C)c1ncc(C(=O)NN)s1. The van der Waals surface area contributed by atoms with Gasteiger partial charge in [0, 0.05) is 5.92 Å². The van der Waals surface area contributed by atoms with Crippen molar-refractivity contribution in [2.75, 3.05) is 0 Å². The highest BCUT2D eigenvalue weighted by atomic mass is 32.1. The van der Waals surface area contributed by atoms with Gasteiger partial charge in [0.15, 0.2) is 0 Å². The lowest BCUT2D eigenvalue weighted by molar-refractivity contribution is 0.0957. The molecule has 1 aromatic heterocycles. The Morgan fingerprint density at radius 2 is 2.42 bits per heavy atom. The van der Waals surface area contributed by atoms with Crippen molar-refractivity contribution in [2.24, 2.45) is 5.84 Å². The highest BCUT2D eigenvalue weighted by Gasteiger charge is 2.10. The quantitative estimate of drug-likeness (QED) is 0.408. The lowest BCUT2D eigenvalue weighted by Crippen LogP contribution is -2.29. The summed E-state index contributed by atoms with van der Waals surface area (Å²) in [6, 6.07) is 0. The third kappa shape index (κ3) is 1.80. The second-order valence-electron chi connectivity index (χ2n) is 2.69. The van der Waals surface area contributed by atoms with Gasteiger partial charge in [-0.15, -0.1) is 11.3 Å². The van der Waals surface area contributed by atoms with Crippen molar-refractivity contribution in [2.45, 2.75) is 19.8 Å². The van der Waals surface area contributed by atoms with Crippen molar-refractivity contribution in [1.29, 1.82) is 0 Å². The van der Waals surface area contributed by atoms with Crippen LogP contribution in [-0.2, 0) is 0 Å². The van der Waals surface area contributed by atoms with Crippen molar-refractivity contribution in [1.82, 2.24) is 10.4 Å². The number of aromatic nitrogens is 1. The van der Waals surface area contributed by atoms with Crippen LogP contribution in [0.2, 0.25) is 0 Å². The van der Waals surface area contributed by atoms with E-state index in [4.69, 9.17) is 5.84 Å². The molecule has 0 atom stereocenters. The Hall–Kier alpha value is -0.940. The Bertz CT molecular complexity index is 282. The summed E-state index contributed by atoms with van der Waals surface area (Å²) in [5.41, 5.74) is 2.06. The first-order chi connectivity index (χ1) is 5.65. The highest BCUT2D eigenvalue weighted by Crippen LogP contribution is 2.20. The predicted molar refractivity (Wildman–Crippen MR) is 47.9 cm³/mol. The number of carbonyl (C=O) groups is 1. The monoisotopic (exact) mass is 185 g/mol. The zero-order valence-corrected chi connectivity index (χ0v) is 7.81. The molecule has 12 heavy (non-hydrogen) atoms. The van der Waals surface area contributed by atoms with Crippen molar-refractivity contribution >= 4 is 17.2 Å². The minimum absolute atomic E-state index is 0.278. The van der Waals surface area contributed by atoms with Gasteiger partial charge in [0.25, 0.3) is 5.91 Å². The second-order valence-corrected chi connectivity index (χ2v) is 3.75. The maximum Gasteiger partial charge on any atom is 0.276 e. The molecule has 1 rings (SSSR count). The number of nitrogens with two attached hydrogens (primary N) is 1. The van der Waals surface area contributed by atoms with E-state index in [1.165, 1.54) is 11.3 Å². The minimum atomic E-state index is -0.278. The van der Waals surface area contributed by atoms with Crippen LogP contribution < -0.4 is 11.3 Å². The van der Waals surface area contributed by atoms with Crippen molar-refractivity contribution in [3.63, 3.8) is 0 Å². The second kappa shape index (κ2) is 3.64. The maximum atomic E-state index is 11.0. The summed E-state index contributed by atoms with van der Waals surface area (Å²) in [5, 5.41) is 0.952. The Morgan fingerprint density at radius 1 is 1.75 bits per heavy atom. The van der Waals surface area contributed by atoms with E-state index >= 15 is 0 Å². The number of thiazole rings is 1. The summed E-state index contributed by atoms with van der Waals surface area (Å²) in [5.74, 6) is 5.05. The number of nitrogens with zero attached hydrogens (tertiary/aromatic N) is 1. The van der Waals surface area contributed by atoms with Crippen molar-refractivity contribution in [3.8, 4) is 0 Å². The van der Waals surface area contributed by atoms with Crippen LogP contribution in [0.1, 0.15) is 34.4 Å². The largest absolute Gasteiger partial charge is 0.289 e. The molecule has 0 aliphatic heterocycles. The molecule has 66 valence electrons. The van der Waals surface area contributed by atoms with Crippen molar-refractivity contribution < 1.29 is 4.79 Å². The summed E-state index contributed by atoms with van der Waals surface area (Å²) in [6.07, 6.45) is 1.54. The zero-order chi connectivity index (χ0) is 9.14. The number of rotatable bonds is 2. The lowest BCUT2D eigenvalue weighted by atomic mass is 10.2. The topological polar surface area (TPSA) is 68.0 Å². The van der Waals surface area contributed by atoms with Gasteiger partial charge in [0.2, 0.25) is 0 Å². The number of hydrogen-bond donors (Lipinski definition) is 2. The molecule has 0 bridgehead atoms. The Kier molecular flexibility index (Phi) is 2.78. The van der Waals surface area contributed by atoms with Crippen LogP contribution in [0.5, 0.6) is 0 Å². The van der Waals surface area contributed by atoms with Gasteiger partial charge in [0.1, 0.15) is 4.88 Å². The van der Waals surface area contributed by atoms with Gasteiger partial charge in [0.05, 0.1) is 11.2 Å². The van der Waals surface area contributed by atoms with Crippen LogP contribution in [0.3, 0.4) is 0 Å². The molecule has 4 nitrogen and oxygen atoms in total. The van der Waals surface area contributed by atoms with E-state index in [9.17, 15) is 4.79 Å². The van der Waals surface area contributed by atoms with Crippen LogP contribution in [0.15, 0.2) is 6.20 Å². The van der Waals surface area contributed by atoms with E-state index < -0.39 is 0 Å². The molecular formula is C7H11N3OS. The average Bonchev–Trinajstić information content (AvgIpc) is 2.51. The zero-order valence-electron chi connectivity index (χ0n) is 7.00. The molecule has 0 aliphatic carbocycles. The fraction of sp³-hybridized carbons (Fsp3) is 0.429. The third-order valence-corrected chi connectivity index (χ3v) is 2.67. The maximum absolute atomic E-state index is 11.0. The van der Waals surface area contributed by atoms with Gasteiger partial charge in [-0.05, 0) is 0 Å². The molecule has 3 N–H and O–H groups in total. The molecule has 0 aliphatic rings. The molecule has 5 heteroatoms. The first kappa shape index (κ1) is 9.15. The van der Waals surface area contributed by atoms with E-state index in [0.717, 1.165) is 5.01 Å². The Labute approximate surface area is 74.8 Å². The molecule has 1 aromatic rings. The van der Waals surface area contributed by atoms with Crippen LogP contribution in [0, 0.1) is 0 Å².